The topological polar surface area (TPSA) is 76.1 Å². The van der Waals surface area contributed by atoms with Gasteiger partial charge in [0.15, 0.2) is 0 Å². The molecule has 0 aliphatic heterocycles. The number of para-hydroxylation sites is 1. The Kier molecular flexibility index (Phi) is 5.12. The van der Waals surface area contributed by atoms with Crippen molar-refractivity contribution in [2.75, 3.05) is 17.7 Å². The number of rotatable bonds is 5. The second-order valence-electron chi connectivity index (χ2n) is 5.86. The SMILES string of the molecule is COc1ccc(NC(=O)c2cc(Nc3c(C)cccc3C)ncn2)cc1. The van der Waals surface area contributed by atoms with Gasteiger partial charge in [0.1, 0.15) is 23.6 Å². The maximum Gasteiger partial charge on any atom is 0.274 e. The van der Waals surface area contributed by atoms with Gasteiger partial charge in [-0.2, -0.15) is 0 Å². The van der Waals surface area contributed by atoms with Gasteiger partial charge in [-0.3, -0.25) is 4.79 Å². The number of carbonyl (C=O) groups excluding carboxylic acids is 1. The number of nitrogens with one attached hydrogen (secondary N) is 2. The van der Waals surface area contributed by atoms with Crippen LogP contribution < -0.4 is 15.4 Å². The molecule has 0 aliphatic rings. The third-order valence-electron chi connectivity index (χ3n) is 3.98. The van der Waals surface area contributed by atoms with Gasteiger partial charge in [0.2, 0.25) is 0 Å². The molecule has 1 amide bonds. The Labute approximate surface area is 152 Å². The molecule has 6 heteroatoms. The first kappa shape index (κ1) is 17.4. The molecule has 0 radical (unpaired) electrons. The molecule has 132 valence electrons. The van der Waals surface area contributed by atoms with Crippen molar-refractivity contribution >= 4 is 23.1 Å². The van der Waals surface area contributed by atoms with Crippen LogP contribution in [0.15, 0.2) is 54.9 Å². The summed E-state index contributed by atoms with van der Waals surface area (Å²) in [7, 11) is 1.60. The molecule has 0 fully saturated rings. The van der Waals surface area contributed by atoms with E-state index in [9.17, 15) is 4.79 Å². The summed E-state index contributed by atoms with van der Waals surface area (Å²) in [6.45, 7) is 4.04. The molecule has 0 saturated heterocycles. The first-order valence-corrected chi connectivity index (χ1v) is 8.17. The fourth-order valence-corrected chi connectivity index (χ4v) is 2.56. The third kappa shape index (κ3) is 3.97. The molecule has 26 heavy (non-hydrogen) atoms. The van der Waals surface area contributed by atoms with Crippen LogP contribution in [0.25, 0.3) is 0 Å². The zero-order valence-electron chi connectivity index (χ0n) is 14.9. The van der Waals surface area contributed by atoms with Crippen LogP contribution in [0, 0.1) is 13.8 Å². The smallest absolute Gasteiger partial charge is 0.274 e. The predicted molar refractivity (Wildman–Crippen MR) is 102 cm³/mol. The minimum absolute atomic E-state index is 0.282. The van der Waals surface area contributed by atoms with Crippen LogP contribution in [-0.2, 0) is 0 Å². The van der Waals surface area contributed by atoms with E-state index in [4.69, 9.17) is 4.74 Å². The Morgan fingerprint density at radius 1 is 1.00 bits per heavy atom. The monoisotopic (exact) mass is 348 g/mol. The van der Waals surface area contributed by atoms with Gasteiger partial charge < -0.3 is 15.4 Å². The summed E-state index contributed by atoms with van der Waals surface area (Å²) in [5.74, 6) is 0.990. The number of amides is 1. The van der Waals surface area contributed by atoms with Crippen LogP contribution in [0.4, 0.5) is 17.2 Å². The number of aromatic nitrogens is 2. The van der Waals surface area contributed by atoms with Gasteiger partial charge in [-0.1, -0.05) is 18.2 Å². The molecule has 1 heterocycles. The highest BCUT2D eigenvalue weighted by Gasteiger charge is 2.11. The summed E-state index contributed by atoms with van der Waals surface area (Å²) in [6.07, 6.45) is 1.37. The Morgan fingerprint density at radius 2 is 1.69 bits per heavy atom. The van der Waals surface area contributed by atoms with Crippen LogP contribution in [0.3, 0.4) is 0 Å². The van der Waals surface area contributed by atoms with E-state index in [0.29, 0.717) is 11.5 Å². The molecule has 0 saturated carbocycles. The summed E-state index contributed by atoms with van der Waals surface area (Å²) >= 11 is 0. The lowest BCUT2D eigenvalue weighted by molar-refractivity contribution is 0.102. The van der Waals surface area contributed by atoms with E-state index in [1.165, 1.54) is 6.33 Å². The zero-order valence-corrected chi connectivity index (χ0v) is 14.9. The molecule has 6 nitrogen and oxygen atoms in total. The third-order valence-corrected chi connectivity index (χ3v) is 3.98. The average Bonchev–Trinajstić information content (AvgIpc) is 2.66. The summed E-state index contributed by atoms with van der Waals surface area (Å²) in [6, 6.07) is 14.8. The van der Waals surface area contributed by atoms with Crippen molar-refractivity contribution in [3.8, 4) is 5.75 Å². The van der Waals surface area contributed by atoms with E-state index in [-0.39, 0.29) is 11.6 Å². The van der Waals surface area contributed by atoms with Crippen LogP contribution in [0.1, 0.15) is 21.6 Å². The molecule has 0 aliphatic carbocycles. The van der Waals surface area contributed by atoms with Crippen molar-refractivity contribution in [3.05, 3.63) is 71.7 Å². The molecule has 0 unspecified atom stereocenters. The Hall–Kier alpha value is -3.41. The second kappa shape index (κ2) is 7.65. The van der Waals surface area contributed by atoms with Crippen LogP contribution in [0.5, 0.6) is 5.75 Å². The van der Waals surface area contributed by atoms with Gasteiger partial charge in [0, 0.05) is 17.4 Å². The minimum Gasteiger partial charge on any atom is -0.497 e. The molecule has 0 bridgehead atoms. The molecule has 1 aromatic heterocycles. The highest BCUT2D eigenvalue weighted by molar-refractivity contribution is 6.03. The van der Waals surface area contributed by atoms with Gasteiger partial charge in [-0.05, 0) is 49.2 Å². The number of benzene rings is 2. The molecular weight excluding hydrogens is 328 g/mol. The molecular formula is C20H20N4O2. The lowest BCUT2D eigenvalue weighted by Crippen LogP contribution is -2.14. The lowest BCUT2D eigenvalue weighted by atomic mass is 10.1. The Bertz CT molecular complexity index is 903. The van der Waals surface area contributed by atoms with E-state index >= 15 is 0 Å². The summed E-state index contributed by atoms with van der Waals surface area (Å²) < 4.78 is 5.11. The lowest BCUT2D eigenvalue weighted by Gasteiger charge is -2.12. The van der Waals surface area contributed by atoms with E-state index in [0.717, 1.165) is 22.6 Å². The molecule has 2 aromatic carbocycles. The quantitative estimate of drug-likeness (QED) is 0.726. The normalized spacial score (nSPS) is 10.3. The first-order chi connectivity index (χ1) is 12.6. The molecule has 0 atom stereocenters. The van der Waals surface area contributed by atoms with E-state index < -0.39 is 0 Å². The van der Waals surface area contributed by atoms with Crippen molar-refractivity contribution in [2.24, 2.45) is 0 Å². The second-order valence-corrected chi connectivity index (χ2v) is 5.86. The summed E-state index contributed by atoms with van der Waals surface area (Å²) in [5, 5.41) is 6.08. The molecule has 3 rings (SSSR count). The predicted octanol–water partition coefficient (Wildman–Crippen LogP) is 4.10. The van der Waals surface area contributed by atoms with E-state index in [1.54, 1.807) is 37.4 Å². The number of aryl methyl sites for hydroxylation is 2. The standard InChI is InChI=1S/C20H20N4O2/c1-13-5-4-6-14(2)19(13)24-18-11-17(21-12-22-18)20(25)23-15-7-9-16(26-3)10-8-15/h4-12H,1-3H3,(H,23,25)(H,21,22,24). The van der Waals surface area contributed by atoms with Crippen molar-refractivity contribution in [1.82, 2.24) is 9.97 Å². The molecule has 2 N–H and O–H groups in total. The van der Waals surface area contributed by atoms with E-state index in [1.807, 2.05) is 32.0 Å². The molecule has 3 aromatic rings. The van der Waals surface area contributed by atoms with Gasteiger partial charge >= 0.3 is 0 Å². The minimum atomic E-state index is -0.304. The number of methoxy groups -OCH3 is 1. The van der Waals surface area contributed by atoms with Crippen molar-refractivity contribution in [3.63, 3.8) is 0 Å². The Balaban J connectivity index is 1.76. The summed E-state index contributed by atoms with van der Waals surface area (Å²) in [5.41, 5.74) is 4.14. The largest absolute Gasteiger partial charge is 0.497 e. The van der Waals surface area contributed by atoms with E-state index in [2.05, 4.69) is 20.6 Å². The fraction of sp³-hybridized carbons (Fsp3) is 0.150. The van der Waals surface area contributed by atoms with Crippen molar-refractivity contribution in [1.29, 1.82) is 0 Å². The number of anilines is 3. The van der Waals surface area contributed by atoms with Gasteiger partial charge in [-0.25, -0.2) is 9.97 Å². The Morgan fingerprint density at radius 3 is 2.35 bits per heavy atom. The number of carbonyl (C=O) groups is 1. The van der Waals surface area contributed by atoms with Crippen LogP contribution in [0.2, 0.25) is 0 Å². The van der Waals surface area contributed by atoms with Crippen LogP contribution in [-0.4, -0.2) is 23.0 Å². The number of hydrogen-bond donors (Lipinski definition) is 2. The highest BCUT2D eigenvalue weighted by Crippen LogP contribution is 2.23. The number of ether oxygens (including phenoxy) is 1. The van der Waals surface area contributed by atoms with Crippen molar-refractivity contribution < 1.29 is 9.53 Å². The highest BCUT2D eigenvalue weighted by atomic mass is 16.5. The van der Waals surface area contributed by atoms with Gasteiger partial charge in [-0.15, -0.1) is 0 Å². The maximum atomic E-state index is 12.4. The maximum absolute atomic E-state index is 12.4. The summed E-state index contributed by atoms with van der Waals surface area (Å²) in [4.78, 5) is 20.7. The van der Waals surface area contributed by atoms with Crippen LogP contribution >= 0.6 is 0 Å². The number of nitrogens with zero attached hydrogens (tertiary/aromatic N) is 2. The number of hydrogen-bond acceptors (Lipinski definition) is 5. The fourth-order valence-electron chi connectivity index (χ4n) is 2.56. The van der Waals surface area contributed by atoms with Gasteiger partial charge in [0.05, 0.1) is 7.11 Å². The average molecular weight is 348 g/mol. The zero-order chi connectivity index (χ0) is 18.5. The van der Waals surface area contributed by atoms with Gasteiger partial charge in [0.25, 0.3) is 5.91 Å². The molecule has 0 spiro atoms. The first-order valence-electron chi connectivity index (χ1n) is 8.17. The van der Waals surface area contributed by atoms with Crippen molar-refractivity contribution in [2.45, 2.75) is 13.8 Å².